The summed E-state index contributed by atoms with van der Waals surface area (Å²) in [6, 6.07) is 4.08. The molecule has 0 spiro atoms. The van der Waals surface area contributed by atoms with Crippen LogP contribution in [0.3, 0.4) is 0 Å². The van der Waals surface area contributed by atoms with Crippen LogP contribution in [0.1, 0.15) is 19.8 Å². The molecule has 2 fully saturated rings. The molecule has 2 atom stereocenters. The average molecular weight is 480 g/mol. The molecule has 0 radical (unpaired) electrons. The van der Waals surface area contributed by atoms with Crippen LogP contribution in [0.2, 0.25) is 5.02 Å². The van der Waals surface area contributed by atoms with Gasteiger partial charge in [-0.05, 0) is 25.0 Å². The highest BCUT2D eigenvalue weighted by atomic mass is 127. The van der Waals surface area contributed by atoms with Crippen LogP contribution in [-0.4, -0.2) is 56.9 Å². The predicted octanol–water partition coefficient (Wildman–Crippen LogP) is 2.52. The molecule has 3 heterocycles. The van der Waals surface area contributed by atoms with Gasteiger partial charge in [0.15, 0.2) is 5.96 Å². The van der Waals surface area contributed by atoms with E-state index < -0.39 is 0 Å². The van der Waals surface area contributed by atoms with Crippen LogP contribution in [0.4, 0.5) is 5.82 Å². The van der Waals surface area contributed by atoms with Crippen LogP contribution in [0.25, 0.3) is 0 Å². The minimum atomic E-state index is 0. The molecule has 2 aliphatic rings. The van der Waals surface area contributed by atoms with Gasteiger partial charge in [0.1, 0.15) is 5.82 Å². The fourth-order valence-electron chi connectivity index (χ4n) is 3.21. The first-order valence-electron chi connectivity index (χ1n) is 8.50. The molecule has 2 unspecified atom stereocenters. The predicted molar refractivity (Wildman–Crippen MR) is 113 cm³/mol. The number of nitrogens with one attached hydrogen (secondary N) is 2. The maximum absolute atomic E-state index is 6.25. The quantitative estimate of drug-likeness (QED) is 0.395. The second-order valence-corrected chi connectivity index (χ2v) is 7.33. The Morgan fingerprint density at radius 2 is 2.40 bits per heavy atom. The molecule has 2 N–H and O–H groups in total. The molecule has 0 aliphatic carbocycles. The Labute approximate surface area is 171 Å². The molecule has 25 heavy (non-hydrogen) atoms. The van der Waals surface area contributed by atoms with Crippen LogP contribution in [0, 0.1) is 5.41 Å². The van der Waals surface area contributed by atoms with Gasteiger partial charge < -0.3 is 20.3 Å². The third-order valence-electron chi connectivity index (χ3n) is 4.77. The van der Waals surface area contributed by atoms with Crippen molar-refractivity contribution in [1.29, 1.82) is 0 Å². The lowest BCUT2D eigenvalue weighted by Crippen LogP contribution is -2.47. The Kier molecular flexibility index (Phi) is 7.57. The molecule has 1 aromatic heterocycles. The fraction of sp³-hybridized carbons (Fsp3) is 0.647. The van der Waals surface area contributed by atoms with Crippen LogP contribution in [0.5, 0.6) is 0 Å². The molecule has 140 valence electrons. The van der Waals surface area contributed by atoms with E-state index in [0.29, 0.717) is 11.1 Å². The van der Waals surface area contributed by atoms with Crippen molar-refractivity contribution in [3.8, 4) is 0 Å². The highest BCUT2D eigenvalue weighted by molar-refractivity contribution is 14.0. The van der Waals surface area contributed by atoms with E-state index in [1.807, 2.05) is 19.2 Å². The van der Waals surface area contributed by atoms with Crippen LogP contribution in [0.15, 0.2) is 23.3 Å². The Bertz CT molecular complexity index is 594. The molecular formula is C17H27ClIN5O. The lowest BCUT2D eigenvalue weighted by Gasteiger charge is -2.25. The van der Waals surface area contributed by atoms with E-state index in [-0.39, 0.29) is 29.4 Å². The normalized spacial score (nSPS) is 26.4. The first kappa shape index (κ1) is 20.5. The highest BCUT2D eigenvalue weighted by Gasteiger charge is 2.30. The Hall–Kier alpha value is -0.800. The van der Waals surface area contributed by atoms with Gasteiger partial charge >= 0.3 is 0 Å². The van der Waals surface area contributed by atoms with Gasteiger partial charge in [-0.3, -0.25) is 4.99 Å². The van der Waals surface area contributed by atoms with E-state index >= 15 is 0 Å². The number of aromatic nitrogens is 1. The summed E-state index contributed by atoms with van der Waals surface area (Å²) in [7, 11) is 1.81. The van der Waals surface area contributed by atoms with Crippen molar-refractivity contribution in [2.75, 3.05) is 44.8 Å². The highest BCUT2D eigenvalue weighted by Crippen LogP contribution is 2.27. The first-order valence-corrected chi connectivity index (χ1v) is 8.88. The Balaban J connectivity index is 0.00000225. The molecule has 8 heteroatoms. The number of anilines is 1. The summed E-state index contributed by atoms with van der Waals surface area (Å²) in [4.78, 5) is 11.0. The van der Waals surface area contributed by atoms with Crippen molar-refractivity contribution in [3.63, 3.8) is 0 Å². The number of aliphatic imine (C=N–C) groups is 1. The number of halogens is 2. The number of ether oxygens (including phenoxy) is 1. The lowest BCUT2D eigenvalue weighted by atomic mass is 9.90. The minimum Gasteiger partial charge on any atom is -0.381 e. The van der Waals surface area contributed by atoms with Crippen LogP contribution in [-0.2, 0) is 4.74 Å². The van der Waals surface area contributed by atoms with Crippen molar-refractivity contribution in [2.24, 2.45) is 10.4 Å². The fourth-order valence-corrected chi connectivity index (χ4v) is 3.46. The van der Waals surface area contributed by atoms with Gasteiger partial charge in [-0.1, -0.05) is 18.5 Å². The first-order chi connectivity index (χ1) is 11.6. The zero-order valence-corrected chi connectivity index (χ0v) is 17.9. The van der Waals surface area contributed by atoms with Crippen molar-refractivity contribution in [2.45, 2.75) is 25.8 Å². The molecule has 1 aromatic rings. The number of pyridine rings is 1. The van der Waals surface area contributed by atoms with E-state index in [1.54, 1.807) is 6.20 Å². The molecule has 0 saturated carbocycles. The van der Waals surface area contributed by atoms with E-state index in [4.69, 9.17) is 16.3 Å². The van der Waals surface area contributed by atoms with Gasteiger partial charge in [0.05, 0.1) is 11.6 Å². The van der Waals surface area contributed by atoms with Crippen molar-refractivity contribution >= 4 is 47.4 Å². The van der Waals surface area contributed by atoms with E-state index in [9.17, 15) is 0 Å². The van der Waals surface area contributed by atoms with Crippen molar-refractivity contribution in [3.05, 3.63) is 23.4 Å². The molecule has 0 bridgehead atoms. The van der Waals surface area contributed by atoms with Gasteiger partial charge in [0.2, 0.25) is 0 Å². The topological polar surface area (TPSA) is 61.8 Å². The van der Waals surface area contributed by atoms with E-state index in [0.717, 1.165) is 57.5 Å². The van der Waals surface area contributed by atoms with E-state index in [2.05, 4.69) is 32.4 Å². The largest absolute Gasteiger partial charge is 0.381 e. The third kappa shape index (κ3) is 5.34. The minimum absolute atomic E-state index is 0. The number of guanidine groups is 1. The van der Waals surface area contributed by atoms with Gasteiger partial charge in [-0.25, -0.2) is 4.98 Å². The summed E-state index contributed by atoms with van der Waals surface area (Å²) in [6.45, 7) is 6.60. The summed E-state index contributed by atoms with van der Waals surface area (Å²) >= 11 is 6.25. The number of nitrogens with zero attached hydrogens (tertiary/aromatic N) is 3. The average Bonchev–Trinajstić information content (AvgIpc) is 3.21. The third-order valence-corrected chi connectivity index (χ3v) is 5.07. The standard InChI is InChI=1S/C17H26ClN5O.HI/c1-17(6-9-24-12-17)11-21-16(19-2)22-13-5-8-23(10-13)15-14(18)4-3-7-20-15;/h3-4,7,13H,5-6,8-12H2,1-2H3,(H2,19,21,22);1H. The second kappa shape index (κ2) is 9.23. The maximum Gasteiger partial charge on any atom is 0.191 e. The number of hydrogen-bond acceptors (Lipinski definition) is 4. The maximum atomic E-state index is 6.25. The van der Waals surface area contributed by atoms with Gasteiger partial charge in [-0.2, -0.15) is 0 Å². The van der Waals surface area contributed by atoms with Gasteiger partial charge in [-0.15, -0.1) is 24.0 Å². The molecule has 0 aromatic carbocycles. The van der Waals surface area contributed by atoms with Crippen LogP contribution >= 0.6 is 35.6 Å². The van der Waals surface area contributed by atoms with Gasteiger partial charge in [0.25, 0.3) is 0 Å². The van der Waals surface area contributed by atoms with E-state index in [1.165, 1.54) is 0 Å². The molecule has 2 saturated heterocycles. The molecule has 6 nitrogen and oxygen atoms in total. The monoisotopic (exact) mass is 479 g/mol. The van der Waals surface area contributed by atoms with Crippen molar-refractivity contribution < 1.29 is 4.74 Å². The summed E-state index contributed by atoms with van der Waals surface area (Å²) in [5.74, 6) is 1.71. The Morgan fingerprint density at radius 3 is 3.08 bits per heavy atom. The number of hydrogen-bond donors (Lipinski definition) is 2. The summed E-state index contributed by atoms with van der Waals surface area (Å²) in [6.07, 6.45) is 3.91. The zero-order valence-electron chi connectivity index (χ0n) is 14.8. The Morgan fingerprint density at radius 1 is 1.56 bits per heavy atom. The lowest BCUT2D eigenvalue weighted by molar-refractivity contribution is 0.160. The smallest absolute Gasteiger partial charge is 0.191 e. The molecule has 0 amide bonds. The van der Waals surface area contributed by atoms with Crippen LogP contribution < -0.4 is 15.5 Å². The summed E-state index contributed by atoms with van der Waals surface area (Å²) < 4.78 is 5.51. The molecule has 3 rings (SSSR count). The SMILES string of the molecule is CN=C(NCC1(C)CCOC1)NC1CCN(c2ncccc2Cl)C1.I. The number of rotatable bonds is 4. The molecule has 2 aliphatic heterocycles. The summed E-state index contributed by atoms with van der Waals surface area (Å²) in [5.41, 5.74) is 0.195. The second-order valence-electron chi connectivity index (χ2n) is 6.92. The zero-order chi connectivity index (χ0) is 17.0. The molecular weight excluding hydrogens is 453 g/mol. The summed E-state index contributed by atoms with van der Waals surface area (Å²) in [5, 5.41) is 7.66. The van der Waals surface area contributed by atoms with Crippen molar-refractivity contribution in [1.82, 2.24) is 15.6 Å². The van der Waals surface area contributed by atoms with Gasteiger partial charge in [0, 0.05) is 50.9 Å².